The summed E-state index contributed by atoms with van der Waals surface area (Å²) in [4.78, 5) is 59.7. The maximum absolute atomic E-state index is 13.3. The Labute approximate surface area is 218 Å². The first kappa shape index (κ1) is 25.9. The fourth-order valence-electron chi connectivity index (χ4n) is 3.40. The van der Waals surface area contributed by atoms with Gasteiger partial charge in [0.25, 0.3) is 17.5 Å². The van der Waals surface area contributed by atoms with Crippen LogP contribution >= 0.6 is 0 Å². The van der Waals surface area contributed by atoms with Gasteiger partial charge in [-0.3, -0.25) is 39.8 Å². The molecule has 0 bridgehead atoms. The standard InChI is InChI=1S/C24H15N9O6/c25-12-15-3-1-2-4-17(15)29-24(35)21(30-31-23(34)14-7-9-26-10-8-14)22(33(38)39)20-13-27-18-6-5-16(32(36)37)11-19(18)28-20/h1-11,13,22H,(H,29,35)(H,31,34)/b30-21-/t22-/m0/s1. The number of rotatable bonds is 8. The molecule has 2 aromatic carbocycles. The van der Waals surface area contributed by atoms with Crippen LogP contribution in [0.4, 0.5) is 11.4 Å². The number of benzene rings is 2. The highest BCUT2D eigenvalue weighted by molar-refractivity contribution is 6.44. The van der Waals surface area contributed by atoms with Crippen LogP contribution in [0.1, 0.15) is 27.7 Å². The number of nitro groups is 2. The molecule has 0 saturated carbocycles. The van der Waals surface area contributed by atoms with E-state index < -0.39 is 33.4 Å². The van der Waals surface area contributed by atoms with E-state index in [1.165, 1.54) is 54.9 Å². The third kappa shape index (κ3) is 5.81. The Morgan fingerprint density at radius 2 is 1.77 bits per heavy atom. The number of hydrogen-bond acceptors (Lipinski definition) is 11. The summed E-state index contributed by atoms with van der Waals surface area (Å²) < 4.78 is 0. The lowest BCUT2D eigenvalue weighted by molar-refractivity contribution is -0.509. The number of aromatic nitrogens is 3. The lowest BCUT2D eigenvalue weighted by atomic mass is 10.1. The minimum Gasteiger partial charge on any atom is -0.319 e. The van der Waals surface area contributed by atoms with Crippen molar-refractivity contribution in [3.8, 4) is 6.07 Å². The van der Waals surface area contributed by atoms with Gasteiger partial charge in [-0.25, -0.2) is 10.4 Å². The number of nitriles is 1. The van der Waals surface area contributed by atoms with Crippen molar-refractivity contribution >= 4 is 39.9 Å². The van der Waals surface area contributed by atoms with Crippen LogP contribution in [0.3, 0.4) is 0 Å². The molecule has 0 aliphatic rings. The number of carbonyl (C=O) groups is 2. The van der Waals surface area contributed by atoms with E-state index in [1.807, 2.05) is 6.07 Å². The molecule has 0 aliphatic heterocycles. The molecule has 1 atom stereocenters. The van der Waals surface area contributed by atoms with Crippen molar-refractivity contribution in [3.05, 3.63) is 110 Å². The van der Waals surface area contributed by atoms with Gasteiger partial charge in [0.15, 0.2) is 0 Å². The molecule has 192 valence electrons. The number of carbonyl (C=O) groups excluding carboxylic acids is 2. The number of hydrazone groups is 1. The summed E-state index contributed by atoms with van der Waals surface area (Å²) >= 11 is 0. The van der Waals surface area contributed by atoms with Crippen molar-refractivity contribution in [1.29, 1.82) is 5.26 Å². The lowest BCUT2D eigenvalue weighted by Crippen LogP contribution is -2.36. The Hall–Kier alpha value is -6.17. The Morgan fingerprint density at radius 3 is 2.46 bits per heavy atom. The topological polar surface area (TPSA) is 219 Å². The fraction of sp³-hybridized carbons (Fsp3) is 0.0417. The third-order valence-electron chi connectivity index (χ3n) is 5.25. The highest BCUT2D eigenvalue weighted by atomic mass is 16.6. The minimum atomic E-state index is -2.06. The predicted octanol–water partition coefficient (Wildman–Crippen LogP) is 2.55. The molecule has 0 aliphatic carbocycles. The van der Waals surface area contributed by atoms with Crippen LogP contribution in [-0.2, 0) is 4.79 Å². The van der Waals surface area contributed by atoms with E-state index in [-0.39, 0.29) is 39.2 Å². The molecular weight excluding hydrogens is 510 g/mol. The van der Waals surface area contributed by atoms with Crippen LogP contribution in [0, 0.1) is 31.6 Å². The number of nitrogens with one attached hydrogen (secondary N) is 2. The second kappa shape index (κ2) is 11.3. The molecule has 2 amide bonds. The summed E-state index contributed by atoms with van der Waals surface area (Å²) in [5.74, 6) is -1.90. The molecule has 0 saturated heterocycles. The maximum atomic E-state index is 13.3. The number of non-ortho nitro benzene ring substituents is 1. The number of amides is 2. The summed E-state index contributed by atoms with van der Waals surface area (Å²) in [5.41, 5.74) is 1.01. The zero-order valence-corrected chi connectivity index (χ0v) is 19.6. The summed E-state index contributed by atoms with van der Waals surface area (Å²) in [6.45, 7) is 0. The number of para-hydroxylation sites is 1. The molecule has 2 aromatic heterocycles. The number of fused-ring (bicyclic) bond motifs is 1. The van der Waals surface area contributed by atoms with E-state index >= 15 is 0 Å². The summed E-state index contributed by atoms with van der Waals surface area (Å²) in [6.07, 6.45) is 3.71. The molecule has 0 spiro atoms. The molecule has 2 heterocycles. The van der Waals surface area contributed by atoms with Crippen molar-refractivity contribution in [3.63, 3.8) is 0 Å². The molecule has 0 unspecified atom stereocenters. The van der Waals surface area contributed by atoms with E-state index in [2.05, 4.69) is 30.8 Å². The number of nitro benzene ring substituents is 1. The first-order valence-corrected chi connectivity index (χ1v) is 10.9. The van der Waals surface area contributed by atoms with Crippen molar-refractivity contribution < 1.29 is 19.4 Å². The maximum Gasteiger partial charge on any atom is 0.304 e. The van der Waals surface area contributed by atoms with Gasteiger partial charge in [-0.15, -0.1) is 0 Å². The summed E-state index contributed by atoms with van der Waals surface area (Å²) in [6, 6.07) is 12.1. The molecule has 15 nitrogen and oxygen atoms in total. The van der Waals surface area contributed by atoms with Crippen molar-refractivity contribution in [2.24, 2.45) is 5.10 Å². The van der Waals surface area contributed by atoms with Gasteiger partial charge in [0, 0.05) is 35.0 Å². The highest BCUT2D eigenvalue weighted by Crippen LogP contribution is 2.23. The second-order valence-corrected chi connectivity index (χ2v) is 7.70. The van der Waals surface area contributed by atoms with Crippen LogP contribution in [0.5, 0.6) is 0 Å². The van der Waals surface area contributed by atoms with Gasteiger partial charge >= 0.3 is 6.04 Å². The quantitative estimate of drug-likeness (QED) is 0.194. The number of pyridine rings is 1. The molecule has 0 radical (unpaired) electrons. The van der Waals surface area contributed by atoms with Crippen LogP contribution in [0.2, 0.25) is 0 Å². The van der Waals surface area contributed by atoms with Crippen molar-refractivity contribution in [1.82, 2.24) is 20.4 Å². The van der Waals surface area contributed by atoms with Gasteiger partial charge in [-0.1, -0.05) is 12.1 Å². The fourth-order valence-corrected chi connectivity index (χ4v) is 3.40. The molecule has 4 rings (SSSR count). The van der Waals surface area contributed by atoms with E-state index in [4.69, 9.17) is 0 Å². The second-order valence-electron chi connectivity index (χ2n) is 7.70. The van der Waals surface area contributed by atoms with E-state index in [0.717, 1.165) is 12.3 Å². The molecule has 2 N–H and O–H groups in total. The molecule has 39 heavy (non-hydrogen) atoms. The first-order chi connectivity index (χ1) is 18.8. The average Bonchev–Trinajstić information content (AvgIpc) is 2.94. The Kier molecular flexibility index (Phi) is 7.48. The molecule has 0 fully saturated rings. The normalized spacial score (nSPS) is 11.7. The minimum absolute atomic E-state index is 0.0380. The van der Waals surface area contributed by atoms with Gasteiger partial charge < -0.3 is 5.32 Å². The SMILES string of the molecule is N#Cc1ccccc1NC(=O)/C(=N\NC(=O)c1ccncc1)[C@H](c1cnc2ccc([N+](=O)[O-])cc2n1)[N+](=O)[O-]. The zero-order valence-electron chi connectivity index (χ0n) is 19.6. The van der Waals surface area contributed by atoms with Gasteiger partial charge in [-0.05, 0) is 30.3 Å². The number of hydrogen-bond donors (Lipinski definition) is 2. The third-order valence-corrected chi connectivity index (χ3v) is 5.25. The van der Waals surface area contributed by atoms with Crippen LogP contribution in [0.25, 0.3) is 11.0 Å². The van der Waals surface area contributed by atoms with Crippen LogP contribution in [0.15, 0.2) is 78.3 Å². The Bertz CT molecular complexity index is 1680. The van der Waals surface area contributed by atoms with Gasteiger partial charge in [0.2, 0.25) is 5.71 Å². The van der Waals surface area contributed by atoms with Gasteiger partial charge in [0.05, 0.1) is 33.4 Å². The Morgan fingerprint density at radius 1 is 1.03 bits per heavy atom. The van der Waals surface area contributed by atoms with E-state index in [9.17, 15) is 35.1 Å². The van der Waals surface area contributed by atoms with Crippen molar-refractivity contribution in [2.45, 2.75) is 6.04 Å². The summed E-state index contributed by atoms with van der Waals surface area (Å²) in [7, 11) is 0. The molecule has 15 heteroatoms. The number of nitrogens with zero attached hydrogens (tertiary/aromatic N) is 7. The number of anilines is 1. The molecular formula is C24H15N9O6. The van der Waals surface area contributed by atoms with Crippen LogP contribution < -0.4 is 10.7 Å². The largest absolute Gasteiger partial charge is 0.319 e. The Balaban J connectivity index is 1.79. The smallest absolute Gasteiger partial charge is 0.304 e. The highest BCUT2D eigenvalue weighted by Gasteiger charge is 2.37. The van der Waals surface area contributed by atoms with E-state index in [1.54, 1.807) is 6.07 Å². The van der Waals surface area contributed by atoms with Gasteiger partial charge in [-0.2, -0.15) is 10.4 Å². The zero-order chi connectivity index (χ0) is 27.9. The molecule has 4 aromatic rings. The lowest BCUT2D eigenvalue weighted by Gasteiger charge is -2.13. The summed E-state index contributed by atoms with van der Waals surface area (Å²) in [5, 5.41) is 38.9. The monoisotopic (exact) mass is 525 g/mol. The van der Waals surface area contributed by atoms with E-state index in [0.29, 0.717) is 0 Å². The van der Waals surface area contributed by atoms with Crippen molar-refractivity contribution in [2.75, 3.05) is 5.32 Å². The predicted molar refractivity (Wildman–Crippen MR) is 135 cm³/mol. The first-order valence-electron chi connectivity index (χ1n) is 10.9. The average molecular weight is 525 g/mol. The van der Waals surface area contributed by atoms with Crippen LogP contribution in [-0.4, -0.2) is 42.3 Å². The van der Waals surface area contributed by atoms with Gasteiger partial charge in [0.1, 0.15) is 11.8 Å².